The van der Waals surface area contributed by atoms with Gasteiger partial charge in [0.05, 0.1) is 12.5 Å². The number of aromatic nitrogens is 1. The van der Waals surface area contributed by atoms with Crippen molar-refractivity contribution >= 4 is 22.7 Å². The maximum absolute atomic E-state index is 12.5. The number of ether oxygens (including phenoxy) is 1. The van der Waals surface area contributed by atoms with E-state index < -0.39 is 11.9 Å². The van der Waals surface area contributed by atoms with Crippen LogP contribution in [0.4, 0.5) is 0 Å². The predicted octanol–water partition coefficient (Wildman–Crippen LogP) is 4.01. The second-order valence-corrected chi connectivity index (χ2v) is 5.77. The number of fused-ring (bicyclic) bond motifs is 1. The number of ketones is 1. The van der Waals surface area contributed by atoms with Crippen molar-refractivity contribution in [3.05, 3.63) is 65.9 Å². The van der Waals surface area contributed by atoms with Gasteiger partial charge in [-0.15, -0.1) is 0 Å². The van der Waals surface area contributed by atoms with Crippen molar-refractivity contribution in [1.29, 1.82) is 0 Å². The zero-order chi connectivity index (χ0) is 17.8. The summed E-state index contributed by atoms with van der Waals surface area (Å²) < 4.78 is 5.50. The van der Waals surface area contributed by atoms with Gasteiger partial charge in [0, 0.05) is 29.1 Å². The van der Waals surface area contributed by atoms with E-state index in [-0.39, 0.29) is 12.2 Å². The van der Waals surface area contributed by atoms with E-state index in [9.17, 15) is 14.7 Å². The Balaban J connectivity index is 1.95. The van der Waals surface area contributed by atoms with Crippen LogP contribution in [0.5, 0.6) is 5.75 Å². The highest BCUT2D eigenvalue weighted by atomic mass is 16.5. The largest absolute Gasteiger partial charge is 0.494 e. The van der Waals surface area contributed by atoms with E-state index in [4.69, 9.17) is 4.74 Å². The number of aliphatic carboxylic acids is 1. The first kappa shape index (κ1) is 16.8. The molecule has 0 amide bonds. The van der Waals surface area contributed by atoms with Crippen molar-refractivity contribution in [2.45, 2.75) is 19.3 Å². The Labute approximate surface area is 145 Å². The molecule has 1 aromatic heterocycles. The van der Waals surface area contributed by atoms with E-state index in [0.29, 0.717) is 23.5 Å². The molecule has 0 aliphatic heterocycles. The molecule has 0 saturated heterocycles. The highest BCUT2D eigenvalue weighted by molar-refractivity contribution is 6.00. The van der Waals surface area contributed by atoms with Crippen molar-refractivity contribution in [2.75, 3.05) is 6.61 Å². The van der Waals surface area contributed by atoms with Gasteiger partial charge in [0.15, 0.2) is 5.78 Å². The van der Waals surface area contributed by atoms with E-state index >= 15 is 0 Å². The molecule has 2 N–H and O–H groups in total. The summed E-state index contributed by atoms with van der Waals surface area (Å²) in [6.07, 6.45) is 1.57. The van der Waals surface area contributed by atoms with Gasteiger partial charge in [-0.1, -0.05) is 30.3 Å². The minimum Gasteiger partial charge on any atom is -0.494 e. The summed E-state index contributed by atoms with van der Waals surface area (Å²) >= 11 is 0. The molecule has 1 unspecified atom stereocenters. The van der Waals surface area contributed by atoms with Crippen LogP contribution in [0.3, 0.4) is 0 Å². The molecular weight excluding hydrogens is 318 g/mol. The lowest BCUT2D eigenvalue weighted by Crippen LogP contribution is -2.16. The van der Waals surface area contributed by atoms with Crippen LogP contribution in [0.1, 0.15) is 35.2 Å². The first-order chi connectivity index (χ1) is 12.1. The average molecular weight is 337 g/mol. The molecule has 0 bridgehead atoms. The van der Waals surface area contributed by atoms with Crippen molar-refractivity contribution in [2.24, 2.45) is 0 Å². The number of rotatable bonds is 7. The number of carboxylic acid groups (broad SMARTS) is 1. The molecule has 5 nitrogen and oxygen atoms in total. The Morgan fingerprint density at radius 1 is 1.16 bits per heavy atom. The Bertz CT molecular complexity index is 898. The first-order valence-electron chi connectivity index (χ1n) is 8.15. The van der Waals surface area contributed by atoms with Gasteiger partial charge in [0.25, 0.3) is 0 Å². The Morgan fingerprint density at radius 2 is 1.92 bits per heavy atom. The van der Waals surface area contributed by atoms with Crippen LogP contribution in [0, 0.1) is 0 Å². The number of carbonyl (C=O) groups excluding carboxylic acids is 1. The zero-order valence-electron chi connectivity index (χ0n) is 13.9. The summed E-state index contributed by atoms with van der Waals surface area (Å²) in [6, 6.07) is 14.2. The van der Waals surface area contributed by atoms with Gasteiger partial charge in [0.1, 0.15) is 5.75 Å². The van der Waals surface area contributed by atoms with Gasteiger partial charge in [-0.3, -0.25) is 9.59 Å². The summed E-state index contributed by atoms with van der Waals surface area (Å²) in [5.74, 6) is -1.46. The monoisotopic (exact) mass is 337 g/mol. The SMILES string of the molecule is CCOc1ccc2[nH]cc(C(CC(=O)c3ccccc3)C(=O)O)c2c1. The van der Waals surface area contributed by atoms with Crippen LogP contribution in [0.25, 0.3) is 10.9 Å². The van der Waals surface area contributed by atoms with Crippen LogP contribution in [0.15, 0.2) is 54.7 Å². The van der Waals surface area contributed by atoms with E-state index in [1.54, 1.807) is 30.5 Å². The van der Waals surface area contributed by atoms with Gasteiger partial charge in [-0.25, -0.2) is 0 Å². The summed E-state index contributed by atoms with van der Waals surface area (Å²) in [5.41, 5.74) is 1.92. The fourth-order valence-corrected chi connectivity index (χ4v) is 2.92. The van der Waals surface area contributed by atoms with Gasteiger partial charge < -0.3 is 14.8 Å². The summed E-state index contributed by atoms with van der Waals surface area (Å²) in [6.45, 7) is 2.42. The third-order valence-corrected chi connectivity index (χ3v) is 4.16. The molecule has 0 fully saturated rings. The van der Waals surface area contributed by atoms with Crippen molar-refractivity contribution in [3.63, 3.8) is 0 Å². The molecule has 5 heteroatoms. The maximum atomic E-state index is 12.5. The number of H-pyrrole nitrogens is 1. The Morgan fingerprint density at radius 3 is 2.60 bits per heavy atom. The molecule has 2 aromatic carbocycles. The highest BCUT2D eigenvalue weighted by Crippen LogP contribution is 2.31. The molecule has 128 valence electrons. The van der Waals surface area contributed by atoms with Crippen molar-refractivity contribution in [1.82, 2.24) is 4.98 Å². The number of carboxylic acids is 1. The van der Waals surface area contributed by atoms with Gasteiger partial charge in [-0.2, -0.15) is 0 Å². The minimum atomic E-state index is -1.02. The van der Waals surface area contributed by atoms with E-state index in [0.717, 1.165) is 10.9 Å². The maximum Gasteiger partial charge on any atom is 0.311 e. The minimum absolute atomic E-state index is 0.0921. The number of benzene rings is 2. The number of carbonyl (C=O) groups is 2. The molecule has 0 radical (unpaired) electrons. The van der Waals surface area contributed by atoms with Crippen LogP contribution in [-0.2, 0) is 4.79 Å². The van der Waals surface area contributed by atoms with E-state index in [2.05, 4.69) is 4.98 Å². The summed E-state index contributed by atoms with van der Waals surface area (Å²) in [5, 5.41) is 10.4. The Hall–Kier alpha value is -3.08. The third kappa shape index (κ3) is 3.55. The molecular formula is C20H19NO4. The lowest BCUT2D eigenvalue weighted by molar-refractivity contribution is -0.138. The summed E-state index contributed by atoms with van der Waals surface area (Å²) in [7, 11) is 0. The third-order valence-electron chi connectivity index (χ3n) is 4.16. The molecule has 3 aromatic rings. The molecule has 0 saturated carbocycles. The first-order valence-corrected chi connectivity index (χ1v) is 8.15. The van der Waals surface area contributed by atoms with E-state index in [1.807, 2.05) is 31.2 Å². The number of Topliss-reactive ketones (excluding diaryl/α,β-unsaturated/α-hetero) is 1. The zero-order valence-corrected chi connectivity index (χ0v) is 13.9. The summed E-state index contributed by atoms with van der Waals surface area (Å²) in [4.78, 5) is 27.4. The molecule has 0 aliphatic carbocycles. The number of nitrogens with one attached hydrogen (secondary N) is 1. The van der Waals surface area contributed by atoms with Crippen LogP contribution in [-0.4, -0.2) is 28.4 Å². The smallest absolute Gasteiger partial charge is 0.311 e. The lowest BCUT2D eigenvalue weighted by Gasteiger charge is -2.12. The second-order valence-electron chi connectivity index (χ2n) is 5.77. The van der Waals surface area contributed by atoms with Gasteiger partial charge >= 0.3 is 5.97 Å². The second kappa shape index (κ2) is 7.21. The fraction of sp³-hybridized carbons (Fsp3) is 0.200. The number of hydrogen-bond donors (Lipinski definition) is 2. The highest BCUT2D eigenvalue weighted by Gasteiger charge is 2.26. The molecule has 0 aliphatic rings. The van der Waals surface area contributed by atoms with Crippen LogP contribution >= 0.6 is 0 Å². The quantitative estimate of drug-likeness (QED) is 0.639. The van der Waals surface area contributed by atoms with Crippen LogP contribution in [0.2, 0.25) is 0 Å². The molecule has 3 rings (SSSR count). The molecule has 1 heterocycles. The van der Waals surface area contributed by atoms with E-state index in [1.165, 1.54) is 0 Å². The molecule has 25 heavy (non-hydrogen) atoms. The fourth-order valence-electron chi connectivity index (χ4n) is 2.92. The Kier molecular flexibility index (Phi) is 4.84. The van der Waals surface area contributed by atoms with Crippen LogP contribution < -0.4 is 4.74 Å². The van der Waals surface area contributed by atoms with Crippen molar-refractivity contribution in [3.8, 4) is 5.75 Å². The molecule has 0 spiro atoms. The van der Waals surface area contributed by atoms with Gasteiger partial charge in [0.2, 0.25) is 0 Å². The molecule has 1 atom stereocenters. The standard InChI is InChI=1S/C20H19NO4/c1-2-25-14-8-9-18-15(10-14)17(12-21-18)16(20(23)24)11-19(22)13-6-4-3-5-7-13/h3-10,12,16,21H,2,11H2,1H3,(H,23,24). The van der Waals surface area contributed by atoms with Crippen molar-refractivity contribution < 1.29 is 19.4 Å². The normalized spacial score (nSPS) is 12.0. The number of aromatic amines is 1. The predicted molar refractivity (Wildman–Crippen MR) is 95.2 cm³/mol. The number of hydrogen-bond acceptors (Lipinski definition) is 3. The average Bonchev–Trinajstić information content (AvgIpc) is 3.03. The topological polar surface area (TPSA) is 79.4 Å². The van der Waals surface area contributed by atoms with Gasteiger partial charge in [-0.05, 0) is 30.7 Å². The lowest BCUT2D eigenvalue weighted by atomic mass is 9.91.